The van der Waals surface area contributed by atoms with Crippen molar-refractivity contribution >= 4 is 0 Å². The van der Waals surface area contributed by atoms with E-state index in [-0.39, 0.29) is 0 Å². The smallest absolute Gasteiger partial charge is 0.157 e. The van der Waals surface area contributed by atoms with Gasteiger partial charge in [0.25, 0.3) is 0 Å². The van der Waals surface area contributed by atoms with E-state index < -0.39 is 0 Å². The highest BCUT2D eigenvalue weighted by molar-refractivity contribution is 5.11. The summed E-state index contributed by atoms with van der Waals surface area (Å²) in [6.45, 7) is 5.90. The van der Waals surface area contributed by atoms with Crippen molar-refractivity contribution in [3.8, 4) is 5.75 Å². The first kappa shape index (κ1) is 12.4. The quantitative estimate of drug-likeness (QED) is 0.715. The summed E-state index contributed by atoms with van der Waals surface area (Å²) in [5, 5.41) is 4.24. The van der Waals surface area contributed by atoms with Crippen LogP contribution >= 0.6 is 0 Å². The molecule has 1 aliphatic rings. The molecule has 1 fully saturated rings. The zero-order chi connectivity index (χ0) is 12.1. The van der Waals surface area contributed by atoms with E-state index >= 15 is 0 Å². The molecule has 96 valence electrons. The highest BCUT2D eigenvalue weighted by Gasteiger charge is 2.14. The first-order chi connectivity index (χ1) is 8.25. The third kappa shape index (κ3) is 3.73. The molecule has 1 atom stereocenters. The van der Waals surface area contributed by atoms with Crippen LogP contribution in [0, 0.1) is 0 Å². The van der Waals surface area contributed by atoms with E-state index in [0.717, 1.165) is 31.8 Å². The average molecular weight is 238 g/mol. The summed E-state index contributed by atoms with van der Waals surface area (Å²) >= 11 is 0. The van der Waals surface area contributed by atoms with Crippen LogP contribution in [-0.2, 0) is 4.74 Å². The lowest BCUT2D eigenvalue weighted by atomic mass is 10.1. The first-order valence-corrected chi connectivity index (χ1v) is 6.54. The molecule has 0 spiro atoms. The summed E-state index contributed by atoms with van der Waals surface area (Å²) in [6.07, 6.45) is 8.80. The molecule has 0 bridgehead atoms. The van der Waals surface area contributed by atoms with Crippen LogP contribution < -0.4 is 4.74 Å². The molecule has 1 aromatic rings. The topological polar surface area (TPSA) is 36.3 Å². The van der Waals surface area contributed by atoms with Crippen molar-refractivity contribution in [3.63, 3.8) is 0 Å². The molecule has 1 aliphatic heterocycles. The molecule has 0 aromatic carbocycles. The van der Waals surface area contributed by atoms with Crippen molar-refractivity contribution in [3.05, 3.63) is 12.4 Å². The summed E-state index contributed by atoms with van der Waals surface area (Å²) < 4.78 is 13.1. The Morgan fingerprint density at radius 3 is 3.12 bits per heavy atom. The maximum Gasteiger partial charge on any atom is 0.157 e. The van der Waals surface area contributed by atoms with Crippen LogP contribution in [0.5, 0.6) is 5.75 Å². The predicted molar refractivity (Wildman–Crippen MR) is 66.3 cm³/mol. The molecule has 4 heteroatoms. The SMILES string of the molecule is CC(C)n1cc(OCCCC2CCCO2)cn1. The fourth-order valence-electron chi connectivity index (χ4n) is 2.05. The highest BCUT2D eigenvalue weighted by Crippen LogP contribution is 2.17. The van der Waals surface area contributed by atoms with Crippen LogP contribution in [0.25, 0.3) is 0 Å². The maximum absolute atomic E-state index is 5.66. The van der Waals surface area contributed by atoms with Crippen molar-refractivity contribution < 1.29 is 9.47 Å². The minimum absolute atomic E-state index is 0.388. The number of nitrogens with zero attached hydrogens (tertiary/aromatic N) is 2. The summed E-state index contributed by atoms with van der Waals surface area (Å²) in [6, 6.07) is 0.388. The Kier molecular flexibility index (Phi) is 4.42. The monoisotopic (exact) mass is 238 g/mol. The van der Waals surface area contributed by atoms with E-state index in [4.69, 9.17) is 9.47 Å². The van der Waals surface area contributed by atoms with Gasteiger partial charge in [-0.2, -0.15) is 5.10 Å². The minimum atomic E-state index is 0.388. The Hall–Kier alpha value is -1.03. The maximum atomic E-state index is 5.66. The molecule has 2 rings (SSSR count). The molecule has 1 aromatic heterocycles. The fraction of sp³-hybridized carbons (Fsp3) is 0.769. The van der Waals surface area contributed by atoms with Gasteiger partial charge in [0, 0.05) is 12.6 Å². The summed E-state index contributed by atoms with van der Waals surface area (Å²) in [4.78, 5) is 0. The van der Waals surface area contributed by atoms with Crippen LogP contribution in [0.2, 0.25) is 0 Å². The van der Waals surface area contributed by atoms with Crippen LogP contribution in [0.15, 0.2) is 12.4 Å². The second-order valence-electron chi connectivity index (χ2n) is 4.88. The molecule has 1 saturated heterocycles. The van der Waals surface area contributed by atoms with Crippen LogP contribution in [-0.4, -0.2) is 29.1 Å². The molecule has 4 nitrogen and oxygen atoms in total. The lowest BCUT2D eigenvalue weighted by molar-refractivity contribution is 0.0981. The van der Waals surface area contributed by atoms with Crippen LogP contribution in [0.3, 0.4) is 0 Å². The molecule has 1 unspecified atom stereocenters. The van der Waals surface area contributed by atoms with Crippen molar-refractivity contribution in [2.45, 2.75) is 51.7 Å². The number of aromatic nitrogens is 2. The van der Waals surface area contributed by atoms with Gasteiger partial charge in [-0.15, -0.1) is 0 Å². The number of hydrogen-bond donors (Lipinski definition) is 0. The third-order valence-electron chi connectivity index (χ3n) is 3.07. The standard InChI is InChI=1S/C13H22N2O2/c1-11(2)15-10-13(9-14-15)17-8-4-6-12-5-3-7-16-12/h9-12H,3-8H2,1-2H3. The van der Waals surface area contributed by atoms with E-state index in [2.05, 4.69) is 18.9 Å². The Balaban J connectivity index is 1.63. The minimum Gasteiger partial charge on any atom is -0.490 e. The largest absolute Gasteiger partial charge is 0.490 e. The highest BCUT2D eigenvalue weighted by atomic mass is 16.5. The van der Waals surface area contributed by atoms with E-state index in [1.165, 1.54) is 12.8 Å². The van der Waals surface area contributed by atoms with Gasteiger partial charge >= 0.3 is 0 Å². The Labute approximate surface area is 103 Å². The normalized spacial score (nSPS) is 20.1. The molecule has 0 aliphatic carbocycles. The van der Waals surface area contributed by atoms with Gasteiger partial charge in [0.2, 0.25) is 0 Å². The number of hydrogen-bond acceptors (Lipinski definition) is 3. The Morgan fingerprint density at radius 2 is 2.47 bits per heavy atom. The molecule has 17 heavy (non-hydrogen) atoms. The van der Waals surface area contributed by atoms with Gasteiger partial charge in [-0.25, -0.2) is 0 Å². The summed E-state index contributed by atoms with van der Waals surface area (Å²) in [5.41, 5.74) is 0. The summed E-state index contributed by atoms with van der Waals surface area (Å²) in [7, 11) is 0. The second-order valence-corrected chi connectivity index (χ2v) is 4.88. The van der Waals surface area contributed by atoms with Crippen LogP contribution in [0.1, 0.15) is 45.6 Å². The summed E-state index contributed by atoms with van der Waals surface area (Å²) in [5.74, 6) is 0.867. The molecule has 0 amide bonds. The van der Waals surface area contributed by atoms with Crippen molar-refractivity contribution in [1.82, 2.24) is 9.78 Å². The Bertz CT molecular complexity index is 330. The number of rotatable bonds is 6. The molecular weight excluding hydrogens is 216 g/mol. The van der Waals surface area contributed by atoms with Crippen molar-refractivity contribution in [2.75, 3.05) is 13.2 Å². The predicted octanol–water partition coefficient (Wildman–Crippen LogP) is 2.80. The van der Waals surface area contributed by atoms with Gasteiger partial charge in [-0.3, -0.25) is 4.68 Å². The fourth-order valence-corrected chi connectivity index (χ4v) is 2.05. The third-order valence-corrected chi connectivity index (χ3v) is 3.07. The van der Waals surface area contributed by atoms with Gasteiger partial charge in [-0.1, -0.05) is 0 Å². The molecule has 2 heterocycles. The average Bonchev–Trinajstić information content (AvgIpc) is 2.96. The second kappa shape index (κ2) is 6.05. The zero-order valence-electron chi connectivity index (χ0n) is 10.8. The van der Waals surface area contributed by atoms with Crippen molar-refractivity contribution in [1.29, 1.82) is 0 Å². The van der Waals surface area contributed by atoms with Gasteiger partial charge in [0.05, 0.1) is 25.1 Å². The first-order valence-electron chi connectivity index (χ1n) is 6.54. The van der Waals surface area contributed by atoms with E-state index in [1.807, 2.05) is 10.9 Å². The van der Waals surface area contributed by atoms with Gasteiger partial charge in [0.1, 0.15) is 0 Å². The molecule has 0 saturated carbocycles. The zero-order valence-corrected chi connectivity index (χ0v) is 10.8. The Morgan fingerprint density at radius 1 is 1.59 bits per heavy atom. The van der Waals surface area contributed by atoms with E-state index in [0.29, 0.717) is 12.1 Å². The number of ether oxygens (including phenoxy) is 2. The van der Waals surface area contributed by atoms with E-state index in [1.54, 1.807) is 6.20 Å². The molecule has 0 radical (unpaired) electrons. The van der Waals surface area contributed by atoms with Gasteiger partial charge < -0.3 is 9.47 Å². The lowest BCUT2D eigenvalue weighted by Gasteiger charge is -2.09. The van der Waals surface area contributed by atoms with Crippen molar-refractivity contribution in [2.24, 2.45) is 0 Å². The van der Waals surface area contributed by atoms with Gasteiger partial charge in [0.15, 0.2) is 5.75 Å². The van der Waals surface area contributed by atoms with Crippen LogP contribution in [0.4, 0.5) is 0 Å². The molecular formula is C13H22N2O2. The van der Waals surface area contributed by atoms with E-state index in [9.17, 15) is 0 Å². The molecule has 0 N–H and O–H groups in total. The van der Waals surface area contributed by atoms with Gasteiger partial charge in [-0.05, 0) is 39.5 Å². The lowest BCUT2D eigenvalue weighted by Crippen LogP contribution is -2.07.